The van der Waals surface area contributed by atoms with Crippen molar-refractivity contribution in [2.24, 2.45) is 0 Å². The Morgan fingerprint density at radius 3 is 2.58 bits per heavy atom. The Hall–Kier alpha value is -1.43. The van der Waals surface area contributed by atoms with Gasteiger partial charge in [-0.2, -0.15) is 0 Å². The van der Waals surface area contributed by atoms with Gasteiger partial charge in [0.15, 0.2) is 0 Å². The van der Waals surface area contributed by atoms with Gasteiger partial charge in [-0.1, -0.05) is 18.6 Å². The highest BCUT2D eigenvalue weighted by atomic mass is 16.5. The molecule has 0 aromatic heterocycles. The largest absolute Gasteiger partial charge is 0.394 e. The first-order valence-electron chi connectivity index (χ1n) is 9.02. The molecule has 0 unspecified atom stereocenters. The Bertz CT molecular complexity index is 540. The van der Waals surface area contributed by atoms with Crippen LogP contribution < -0.4 is 0 Å². The maximum absolute atomic E-state index is 12.8. The Balaban J connectivity index is 1.62. The second-order valence-corrected chi connectivity index (χ2v) is 6.98. The van der Waals surface area contributed by atoms with Crippen molar-refractivity contribution in [2.45, 2.75) is 44.9 Å². The van der Waals surface area contributed by atoms with Crippen LogP contribution in [-0.4, -0.2) is 65.8 Å². The van der Waals surface area contributed by atoms with Crippen LogP contribution in [-0.2, 0) is 11.3 Å². The number of likely N-dealkylation sites (tertiary alicyclic amines) is 1. The maximum atomic E-state index is 12.8. The average Bonchev–Trinajstić information content (AvgIpc) is 2.63. The lowest BCUT2D eigenvalue weighted by molar-refractivity contribution is -0.0667. The molecule has 1 N–H and O–H groups in total. The number of ether oxygens (including phenoxy) is 1. The third kappa shape index (κ3) is 4.15. The third-order valence-corrected chi connectivity index (χ3v) is 5.03. The number of aliphatic hydroxyl groups is 1. The van der Waals surface area contributed by atoms with E-state index in [0.29, 0.717) is 18.7 Å². The predicted octanol–water partition coefficient (Wildman–Crippen LogP) is 1.89. The molecule has 1 aromatic rings. The van der Waals surface area contributed by atoms with Crippen molar-refractivity contribution in [2.75, 3.05) is 32.8 Å². The van der Waals surface area contributed by atoms with Gasteiger partial charge >= 0.3 is 0 Å². The summed E-state index contributed by atoms with van der Waals surface area (Å²) >= 11 is 0. The Labute approximate surface area is 144 Å². The topological polar surface area (TPSA) is 53.0 Å². The summed E-state index contributed by atoms with van der Waals surface area (Å²) in [5.74, 6) is 0.0220. The number of benzene rings is 1. The number of piperidine rings is 1. The number of nitrogens with zero attached hydrogens (tertiary/aromatic N) is 2. The molecule has 2 aliphatic heterocycles. The van der Waals surface area contributed by atoms with Crippen molar-refractivity contribution in [1.82, 2.24) is 9.80 Å². The number of hydrogen-bond donors (Lipinski definition) is 1. The van der Waals surface area contributed by atoms with Crippen LogP contribution in [0.15, 0.2) is 24.3 Å². The SMILES string of the molecule is C[C@H]1CO[C@H](CO)CN1C(=O)c1ccc(CN2CCCCC2)cc1. The van der Waals surface area contributed by atoms with Crippen molar-refractivity contribution in [3.8, 4) is 0 Å². The fourth-order valence-corrected chi connectivity index (χ4v) is 3.51. The van der Waals surface area contributed by atoms with Crippen LogP contribution in [0.2, 0.25) is 0 Å². The summed E-state index contributed by atoms with van der Waals surface area (Å²) in [5.41, 5.74) is 1.97. The minimum Gasteiger partial charge on any atom is -0.394 e. The molecule has 1 amide bonds. The number of amides is 1. The van der Waals surface area contributed by atoms with E-state index in [1.807, 2.05) is 24.0 Å². The number of carbonyl (C=O) groups excluding carboxylic acids is 1. The summed E-state index contributed by atoms with van der Waals surface area (Å²) < 4.78 is 5.51. The van der Waals surface area contributed by atoms with E-state index >= 15 is 0 Å². The van der Waals surface area contributed by atoms with Crippen molar-refractivity contribution < 1.29 is 14.6 Å². The van der Waals surface area contributed by atoms with Crippen molar-refractivity contribution in [3.05, 3.63) is 35.4 Å². The van der Waals surface area contributed by atoms with Crippen molar-refractivity contribution in [3.63, 3.8) is 0 Å². The molecule has 0 radical (unpaired) electrons. The summed E-state index contributed by atoms with van der Waals surface area (Å²) in [6.45, 7) is 6.18. The number of carbonyl (C=O) groups is 1. The molecule has 2 saturated heterocycles. The summed E-state index contributed by atoms with van der Waals surface area (Å²) in [4.78, 5) is 17.0. The van der Waals surface area contributed by atoms with Gasteiger partial charge in [-0.05, 0) is 50.6 Å². The molecule has 2 aliphatic rings. The van der Waals surface area contributed by atoms with Gasteiger partial charge in [0.05, 0.1) is 25.4 Å². The molecule has 1 aromatic carbocycles. The molecule has 0 spiro atoms. The fourth-order valence-electron chi connectivity index (χ4n) is 3.51. The fraction of sp³-hybridized carbons (Fsp3) is 0.632. The number of aliphatic hydroxyl groups excluding tert-OH is 1. The minimum absolute atomic E-state index is 0.0220. The Morgan fingerprint density at radius 1 is 1.21 bits per heavy atom. The maximum Gasteiger partial charge on any atom is 0.254 e. The minimum atomic E-state index is -0.275. The highest BCUT2D eigenvalue weighted by Crippen LogP contribution is 2.17. The first-order chi connectivity index (χ1) is 11.7. The van der Waals surface area contributed by atoms with Gasteiger partial charge in [-0.3, -0.25) is 9.69 Å². The van der Waals surface area contributed by atoms with Crippen LogP contribution in [0, 0.1) is 0 Å². The van der Waals surface area contributed by atoms with Gasteiger partial charge < -0.3 is 14.7 Å². The lowest BCUT2D eigenvalue weighted by Crippen LogP contribution is -2.52. The monoisotopic (exact) mass is 332 g/mol. The molecule has 0 saturated carbocycles. The second kappa shape index (κ2) is 8.10. The van der Waals surface area contributed by atoms with Crippen LogP contribution in [0.1, 0.15) is 42.1 Å². The summed E-state index contributed by atoms with van der Waals surface area (Å²) in [6.07, 6.45) is 3.65. The van der Waals surface area contributed by atoms with Crippen molar-refractivity contribution in [1.29, 1.82) is 0 Å². The normalized spacial score (nSPS) is 25.7. The molecule has 2 heterocycles. The molecule has 24 heavy (non-hydrogen) atoms. The van der Waals surface area contributed by atoms with E-state index in [2.05, 4.69) is 17.0 Å². The third-order valence-electron chi connectivity index (χ3n) is 5.03. The van der Waals surface area contributed by atoms with Crippen LogP contribution in [0.5, 0.6) is 0 Å². The molecule has 3 rings (SSSR count). The van der Waals surface area contributed by atoms with Gasteiger partial charge in [0.25, 0.3) is 5.91 Å². The van der Waals surface area contributed by atoms with Gasteiger partial charge in [-0.15, -0.1) is 0 Å². The first-order valence-corrected chi connectivity index (χ1v) is 9.02. The van der Waals surface area contributed by atoms with Crippen molar-refractivity contribution >= 4 is 5.91 Å². The predicted molar refractivity (Wildman–Crippen MR) is 92.9 cm³/mol. The molecule has 0 bridgehead atoms. The van der Waals surface area contributed by atoms with Crippen LogP contribution >= 0.6 is 0 Å². The average molecular weight is 332 g/mol. The number of hydrogen-bond acceptors (Lipinski definition) is 4. The summed E-state index contributed by atoms with van der Waals surface area (Å²) in [5, 5.41) is 9.27. The number of rotatable bonds is 4. The van der Waals surface area contributed by atoms with E-state index in [0.717, 1.165) is 6.54 Å². The smallest absolute Gasteiger partial charge is 0.254 e. The van der Waals surface area contributed by atoms with Gasteiger partial charge in [0.1, 0.15) is 0 Å². The Morgan fingerprint density at radius 2 is 1.92 bits per heavy atom. The quantitative estimate of drug-likeness (QED) is 0.915. The first kappa shape index (κ1) is 17.4. The van der Waals surface area contributed by atoms with Crippen LogP contribution in [0.3, 0.4) is 0 Å². The molecule has 2 atom stereocenters. The molecule has 5 heteroatoms. The van der Waals surface area contributed by atoms with E-state index in [4.69, 9.17) is 4.74 Å². The van der Waals surface area contributed by atoms with Crippen LogP contribution in [0.4, 0.5) is 0 Å². The molecular formula is C19H28N2O3. The molecule has 2 fully saturated rings. The van der Waals surface area contributed by atoms with Gasteiger partial charge in [-0.25, -0.2) is 0 Å². The molecule has 0 aliphatic carbocycles. The zero-order valence-electron chi connectivity index (χ0n) is 14.5. The lowest BCUT2D eigenvalue weighted by Gasteiger charge is -2.37. The van der Waals surface area contributed by atoms with E-state index in [9.17, 15) is 9.90 Å². The zero-order valence-corrected chi connectivity index (χ0v) is 14.5. The lowest BCUT2D eigenvalue weighted by atomic mass is 10.1. The standard InChI is InChI=1S/C19H28N2O3/c1-15-14-24-18(13-22)12-21(15)19(23)17-7-5-16(6-8-17)11-20-9-3-2-4-10-20/h5-8,15,18,22H,2-4,9-14H2,1H3/t15-,18-/m0/s1. The van der Waals surface area contributed by atoms with Crippen LogP contribution in [0.25, 0.3) is 0 Å². The highest BCUT2D eigenvalue weighted by molar-refractivity contribution is 5.94. The van der Waals surface area contributed by atoms with E-state index in [1.165, 1.54) is 37.9 Å². The van der Waals surface area contributed by atoms with E-state index in [-0.39, 0.29) is 24.7 Å². The number of morpholine rings is 1. The van der Waals surface area contributed by atoms with E-state index in [1.54, 1.807) is 0 Å². The second-order valence-electron chi connectivity index (χ2n) is 6.98. The molecule has 5 nitrogen and oxygen atoms in total. The Kier molecular flexibility index (Phi) is 5.87. The summed E-state index contributed by atoms with van der Waals surface area (Å²) in [7, 11) is 0. The zero-order chi connectivity index (χ0) is 16.9. The highest BCUT2D eigenvalue weighted by Gasteiger charge is 2.29. The molecular weight excluding hydrogens is 304 g/mol. The van der Waals surface area contributed by atoms with E-state index < -0.39 is 0 Å². The van der Waals surface area contributed by atoms with Gasteiger partial charge in [0.2, 0.25) is 0 Å². The summed E-state index contributed by atoms with van der Waals surface area (Å²) in [6, 6.07) is 8.02. The van der Waals surface area contributed by atoms with Gasteiger partial charge in [0, 0.05) is 18.7 Å². The molecule has 132 valence electrons.